The van der Waals surface area contributed by atoms with Crippen LogP contribution < -0.4 is 0 Å². The Morgan fingerprint density at radius 3 is 1.17 bits per heavy atom. The van der Waals surface area contributed by atoms with Gasteiger partial charge in [0.1, 0.15) is 0 Å². The number of ketones is 2. The Hall–Kier alpha value is -1.97. The third-order valence-electron chi connectivity index (χ3n) is 3.62. The van der Waals surface area contributed by atoms with E-state index in [1.165, 1.54) is 19.6 Å². The summed E-state index contributed by atoms with van der Waals surface area (Å²) in [6.07, 6.45) is 0. The zero-order chi connectivity index (χ0) is 17.1. The highest BCUT2D eigenvalue weighted by Gasteiger charge is 2.16. The Balaban J connectivity index is 0.000000570. The maximum absolute atomic E-state index is 11.8. The second-order valence-corrected chi connectivity index (χ2v) is 5.01. The minimum absolute atomic E-state index is 0. The lowest BCUT2D eigenvalue weighted by molar-refractivity contribution is 0.0817. The van der Waals surface area contributed by atoms with Crippen molar-refractivity contribution in [3.05, 3.63) is 71.8 Å². The van der Waals surface area contributed by atoms with Gasteiger partial charge in [-0.05, 0) is 19.6 Å². The van der Waals surface area contributed by atoms with Gasteiger partial charge in [-0.3, -0.25) is 9.59 Å². The maximum Gasteiger partial charge on any atom is 0.233 e. The second-order valence-electron chi connectivity index (χ2n) is 5.01. The molecule has 0 aliphatic heterocycles. The highest BCUT2D eigenvalue weighted by molar-refractivity contribution is 6.49. The quantitative estimate of drug-likeness (QED) is 0.569. The summed E-state index contributed by atoms with van der Waals surface area (Å²) < 4.78 is 0. The molecule has 3 nitrogen and oxygen atoms in total. The van der Waals surface area contributed by atoms with Gasteiger partial charge in [0, 0.05) is 11.1 Å². The van der Waals surface area contributed by atoms with Gasteiger partial charge in [0.15, 0.2) is 0 Å². The fourth-order valence-corrected chi connectivity index (χ4v) is 2.11. The number of rotatable bonds is 6. The van der Waals surface area contributed by atoms with E-state index in [0.717, 1.165) is 0 Å². The SMILES string of the molecule is CCN(CC)CC.Cl.O=C(C(=O)c1ccccc1)c1ccccc1. The molecule has 0 amide bonds. The van der Waals surface area contributed by atoms with Gasteiger partial charge in [0.25, 0.3) is 0 Å². The van der Waals surface area contributed by atoms with Crippen LogP contribution in [-0.4, -0.2) is 36.1 Å². The molecule has 0 aliphatic carbocycles. The molecule has 0 spiro atoms. The summed E-state index contributed by atoms with van der Waals surface area (Å²) in [5.74, 6) is -0.932. The number of hydrogen-bond acceptors (Lipinski definition) is 3. The Labute approximate surface area is 151 Å². The van der Waals surface area contributed by atoms with Crippen molar-refractivity contribution in [2.75, 3.05) is 19.6 Å². The van der Waals surface area contributed by atoms with Gasteiger partial charge in [-0.2, -0.15) is 0 Å². The van der Waals surface area contributed by atoms with E-state index in [1.807, 2.05) is 12.1 Å². The molecule has 0 bridgehead atoms. The van der Waals surface area contributed by atoms with Crippen molar-refractivity contribution in [3.63, 3.8) is 0 Å². The number of carbonyl (C=O) groups excluding carboxylic acids is 2. The number of halogens is 1. The largest absolute Gasteiger partial charge is 0.304 e. The van der Waals surface area contributed by atoms with E-state index in [2.05, 4.69) is 25.7 Å². The predicted octanol–water partition coefficient (Wildman–Crippen LogP) is 4.52. The van der Waals surface area contributed by atoms with Gasteiger partial charge in [0.2, 0.25) is 11.6 Å². The molecule has 2 rings (SSSR count). The number of benzene rings is 2. The van der Waals surface area contributed by atoms with Crippen molar-refractivity contribution in [1.82, 2.24) is 4.90 Å². The zero-order valence-electron chi connectivity index (χ0n) is 14.6. The first-order valence-corrected chi connectivity index (χ1v) is 8.05. The van der Waals surface area contributed by atoms with E-state index in [0.29, 0.717) is 11.1 Å². The molecule has 0 saturated carbocycles. The molecule has 24 heavy (non-hydrogen) atoms. The molecule has 0 aromatic heterocycles. The van der Waals surface area contributed by atoms with Crippen LogP contribution in [-0.2, 0) is 0 Å². The Bertz CT molecular complexity index is 541. The van der Waals surface area contributed by atoms with Gasteiger partial charge in [-0.25, -0.2) is 0 Å². The maximum atomic E-state index is 11.8. The van der Waals surface area contributed by atoms with Gasteiger partial charge < -0.3 is 4.90 Å². The smallest absolute Gasteiger partial charge is 0.233 e. The molecule has 0 N–H and O–H groups in total. The third kappa shape index (κ3) is 7.07. The summed E-state index contributed by atoms with van der Waals surface area (Å²) in [6.45, 7) is 10.1. The minimum atomic E-state index is -0.466. The highest BCUT2D eigenvalue weighted by atomic mass is 35.5. The van der Waals surface area contributed by atoms with Crippen molar-refractivity contribution < 1.29 is 9.59 Å². The number of carbonyl (C=O) groups is 2. The van der Waals surface area contributed by atoms with Crippen LogP contribution in [0.1, 0.15) is 41.5 Å². The Morgan fingerprint density at radius 1 is 0.667 bits per heavy atom. The van der Waals surface area contributed by atoms with Crippen LogP contribution in [0.25, 0.3) is 0 Å². The van der Waals surface area contributed by atoms with E-state index >= 15 is 0 Å². The van der Waals surface area contributed by atoms with Crippen LogP contribution >= 0.6 is 12.4 Å². The first kappa shape index (κ1) is 22.0. The standard InChI is InChI=1S/C14H10O2.C6H15N.ClH/c15-13(11-7-3-1-4-8-11)14(16)12-9-5-2-6-10-12;1-4-7(5-2)6-3;/h1-10H;4-6H2,1-3H3;1H. The first-order valence-electron chi connectivity index (χ1n) is 8.05. The van der Waals surface area contributed by atoms with Crippen LogP contribution in [0.5, 0.6) is 0 Å². The molecule has 0 heterocycles. The lowest BCUT2D eigenvalue weighted by Crippen LogP contribution is -2.21. The van der Waals surface area contributed by atoms with Crippen molar-refractivity contribution in [2.45, 2.75) is 20.8 Å². The number of nitrogens with zero attached hydrogens (tertiary/aromatic N) is 1. The molecule has 0 atom stereocenters. The fourth-order valence-electron chi connectivity index (χ4n) is 2.11. The normalized spacial score (nSPS) is 9.50. The summed E-state index contributed by atoms with van der Waals surface area (Å²) in [6, 6.07) is 17.2. The van der Waals surface area contributed by atoms with Crippen molar-refractivity contribution >= 4 is 24.0 Å². The van der Waals surface area contributed by atoms with Crippen molar-refractivity contribution in [1.29, 1.82) is 0 Å². The van der Waals surface area contributed by atoms with E-state index in [9.17, 15) is 9.59 Å². The predicted molar refractivity (Wildman–Crippen MR) is 102 cm³/mol. The molecule has 4 heteroatoms. The van der Waals surface area contributed by atoms with Crippen LogP contribution in [0.15, 0.2) is 60.7 Å². The van der Waals surface area contributed by atoms with E-state index in [-0.39, 0.29) is 12.4 Å². The molecule has 0 aliphatic rings. The summed E-state index contributed by atoms with van der Waals surface area (Å²) in [5, 5.41) is 0. The van der Waals surface area contributed by atoms with Crippen molar-refractivity contribution in [2.24, 2.45) is 0 Å². The molecule has 0 fully saturated rings. The summed E-state index contributed by atoms with van der Waals surface area (Å²) in [4.78, 5) is 26.0. The van der Waals surface area contributed by atoms with Gasteiger partial charge in [-0.15, -0.1) is 12.4 Å². The fraction of sp³-hybridized carbons (Fsp3) is 0.300. The van der Waals surface area contributed by atoms with Gasteiger partial charge in [0.05, 0.1) is 0 Å². The summed E-state index contributed by atoms with van der Waals surface area (Å²) >= 11 is 0. The van der Waals surface area contributed by atoms with E-state index in [4.69, 9.17) is 0 Å². The monoisotopic (exact) mass is 347 g/mol. The summed E-state index contributed by atoms with van der Waals surface area (Å²) in [7, 11) is 0. The minimum Gasteiger partial charge on any atom is -0.304 e. The molecule has 2 aromatic carbocycles. The lowest BCUT2D eigenvalue weighted by atomic mass is 10.0. The second kappa shape index (κ2) is 12.5. The average Bonchev–Trinajstić information content (AvgIpc) is 2.64. The average molecular weight is 348 g/mol. The third-order valence-corrected chi connectivity index (χ3v) is 3.62. The van der Waals surface area contributed by atoms with Crippen LogP contribution in [0, 0.1) is 0 Å². The Morgan fingerprint density at radius 2 is 0.958 bits per heavy atom. The van der Waals surface area contributed by atoms with Gasteiger partial charge in [-0.1, -0.05) is 81.4 Å². The zero-order valence-corrected chi connectivity index (χ0v) is 15.4. The molecule has 130 valence electrons. The van der Waals surface area contributed by atoms with Crippen LogP contribution in [0.3, 0.4) is 0 Å². The van der Waals surface area contributed by atoms with E-state index in [1.54, 1.807) is 48.5 Å². The molecule has 0 saturated heterocycles. The lowest BCUT2D eigenvalue weighted by Gasteiger charge is -2.13. The summed E-state index contributed by atoms with van der Waals surface area (Å²) in [5.41, 5.74) is 0.854. The number of hydrogen-bond donors (Lipinski definition) is 0. The van der Waals surface area contributed by atoms with Crippen LogP contribution in [0.2, 0.25) is 0 Å². The number of Topliss-reactive ketones (excluding diaryl/α,β-unsaturated/α-hetero) is 2. The van der Waals surface area contributed by atoms with Gasteiger partial charge >= 0.3 is 0 Å². The molecule has 2 aromatic rings. The molecule has 0 unspecified atom stereocenters. The van der Waals surface area contributed by atoms with Crippen molar-refractivity contribution in [3.8, 4) is 0 Å². The Kier molecular flexibility index (Phi) is 11.4. The highest BCUT2D eigenvalue weighted by Crippen LogP contribution is 2.07. The molecular weight excluding hydrogens is 322 g/mol. The van der Waals surface area contributed by atoms with Crippen LogP contribution in [0.4, 0.5) is 0 Å². The van der Waals surface area contributed by atoms with E-state index < -0.39 is 11.6 Å². The topological polar surface area (TPSA) is 37.4 Å². The molecule has 0 radical (unpaired) electrons. The first-order chi connectivity index (χ1) is 11.1. The molecular formula is C20H26ClNO2.